The van der Waals surface area contributed by atoms with Gasteiger partial charge in [-0.3, -0.25) is 4.79 Å². The van der Waals surface area contributed by atoms with Gasteiger partial charge < -0.3 is 10.6 Å². The molecule has 1 aliphatic heterocycles. The number of rotatable bonds is 3. The molecule has 0 spiro atoms. The van der Waals surface area contributed by atoms with Gasteiger partial charge in [0.05, 0.1) is 11.7 Å². The molecule has 4 rings (SSSR count). The molecule has 2 aromatic carbocycles. The molecular formula is C20H20N4O2. The number of carbonyl (C=O) groups is 2. The lowest BCUT2D eigenvalue weighted by atomic mass is 10.0. The highest BCUT2D eigenvalue weighted by atomic mass is 16.2. The van der Waals surface area contributed by atoms with Crippen molar-refractivity contribution in [2.45, 2.75) is 25.8 Å². The third-order valence-electron chi connectivity index (χ3n) is 4.99. The molecule has 2 amide bonds. The monoisotopic (exact) mass is 348 g/mol. The topological polar surface area (TPSA) is 81.2 Å². The van der Waals surface area contributed by atoms with Crippen LogP contribution >= 0.6 is 0 Å². The van der Waals surface area contributed by atoms with Crippen molar-refractivity contribution in [1.29, 1.82) is 0 Å². The standard InChI is InChI=1S/C20H20N4O2/c21-20(26)24-18-8-6-15-7-9-19(25)23(13-17(15)16(18)12-22-24)11-10-14-4-2-1-3-5-14/h1-6,8,12H,7,9-11,13H2,(H2,21,26). The number of carbonyl (C=O) groups excluding carboxylic acids is 2. The van der Waals surface area contributed by atoms with Crippen molar-refractivity contribution < 1.29 is 9.59 Å². The molecule has 6 heteroatoms. The minimum atomic E-state index is -0.606. The Morgan fingerprint density at radius 2 is 1.92 bits per heavy atom. The molecule has 1 aromatic heterocycles. The Morgan fingerprint density at radius 3 is 2.69 bits per heavy atom. The van der Waals surface area contributed by atoms with Crippen LogP contribution in [0.15, 0.2) is 48.7 Å². The molecule has 0 saturated carbocycles. The van der Waals surface area contributed by atoms with Gasteiger partial charge in [-0.05, 0) is 35.6 Å². The van der Waals surface area contributed by atoms with Gasteiger partial charge in [0, 0.05) is 24.9 Å². The maximum Gasteiger partial charge on any atom is 0.340 e. The Hall–Kier alpha value is -3.15. The summed E-state index contributed by atoms with van der Waals surface area (Å²) in [5.74, 6) is 0.160. The van der Waals surface area contributed by atoms with E-state index >= 15 is 0 Å². The average molecular weight is 348 g/mol. The normalized spacial score (nSPS) is 14.3. The van der Waals surface area contributed by atoms with Crippen molar-refractivity contribution in [3.05, 3.63) is 65.4 Å². The van der Waals surface area contributed by atoms with Crippen LogP contribution in [0, 0.1) is 0 Å². The molecule has 0 saturated heterocycles. The molecule has 0 fully saturated rings. The molecule has 2 N–H and O–H groups in total. The molecule has 1 aliphatic rings. The van der Waals surface area contributed by atoms with E-state index in [9.17, 15) is 9.59 Å². The number of primary amides is 1. The Labute approximate surface area is 151 Å². The summed E-state index contributed by atoms with van der Waals surface area (Å²) in [6.45, 7) is 1.20. The Balaban J connectivity index is 1.65. The number of aryl methyl sites for hydroxylation is 1. The number of benzene rings is 2. The number of hydrogen-bond donors (Lipinski definition) is 1. The van der Waals surface area contributed by atoms with Gasteiger partial charge in [0.15, 0.2) is 0 Å². The van der Waals surface area contributed by atoms with E-state index in [1.54, 1.807) is 6.20 Å². The molecule has 132 valence electrons. The van der Waals surface area contributed by atoms with Crippen LogP contribution < -0.4 is 5.73 Å². The third-order valence-corrected chi connectivity index (χ3v) is 4.99. The van der Waals surface area contributed by atoms with Crippen molar-refractivity contribution in [1.82, 2.24) is 14.7 Å². The predicted octanol–water partition coefficient (Wildman–Crippen LogP) is 2.48. The second-order valence-corrected chi connectivity index (χ2v) is 6.58. The Morgan fingerprint density at radius 1 is 1.12 bits per heavy atom. The second-order valence-electron chi connectivity index (χ2n) is 6.58. The Kier molecular flexibility index (Phi) is 4.16. The fourth-order valence-electron chi connectivity index (χ4n) is 3.59. The lowest BCUT2D eigenvalue weighted by Gasteiger charge is -2.21. The van der Waals surface area contributed by atoms with Crippen molar-refractivity contribution in [2.75, 3.05) is 6.54 Å². The second kappa shape index (κ2) is 6.63. The lowest BCUT2D eigenvalue weighted by Crippen LogP contribution is -2.31. The number of aromatic nitrogens is 2. The van der Waals surface area contributed by atoms with Gasteiger partial charge in [0.25, 0.3) is 0 Å². The minimum absolute atomic E-state index is 0.160. The summed E-state index contributed by atoms with van der Waals surface area (Å²) in [6.07, 6.45) is 3.69. The van der Waals surface area contributed by atoms with Crippen LogP contribution in [0.4, 0.5) is 4.79 Å². The largest absolute Gasteiger partial charge is 0.350 e. The number of nitrogens with two attached hydrogens (primary N) is 1. The minimum Gasteiger partial charge on any atom is -0.350 e. The van der Waals surface area contributed by atoms with Crippen LogP contribution in [0.5, 0.6) is 0 Å². The number of fused-ring (bicyclic) bond motifs is 3. The van der Waals surface area contributed by atoms with Crippen molar-refractivity contribution in [3.63, 3.8) is 0 Å². The zero-order chi connectivity index (χ0) is 18.1. The molecule has 0 atom stereocenters. The zero-order valence-electron chi connectivity index (χ0n) is 14.4. The van der Waals surface area contributed by atoms with Crippen LogP contribution in [0.25, 0.3) is 10.9 Å². The van der Waals surface area contributed by atoms with E-state index in [1.165, 1.54) is 10.2 Å². The highest BCUT2D eigenvalue weighted by molar-refractivity contribution is 5.92. The molecule has 26 heavy (non-hydrogen) atoms. The first-order valence-electron chi connectivity index (χ1n) is 8.73. The van der Waals surface area contributed by atoms with Crippen LogP contribution in [-0.4, -0.2) is 33.2 Å². The highest BCUT2D eigenvalue weighted by Crippen LogP contribution is 2.27. The summed E-state index contributed by atoms with van der Waals surface area (Å²) >= 11 is 0. The Bertz CT molecular complexity index is 978. The van der Waals surface area contributed by atoms with E-state index in [-0.39, 0.29) is 5.91 Å². The first-order chi connectivity index (χ1) is 12.6. The third kappa shape index (κ3) is 2.94. The van der Waals surface area contributed by atoms with Gasteiger partial charge in [0.1, 0.15) is 0 Å². The molecule has 3 aromatic rings. The van der Waals surface area contributed by atoms with Crippen LogP contribution in [0.3, 0.4) is 0 Å². The first-order valence-corrected chi connectivity index (χ1v) is 8.73. The molecule has 0 radical (unpaired) electrons. The smallest absolute Gasteiger partial charge is 0.340 e. The van der Waals surface area contributed by atoms with Gasteiger partial charge in [-0.15, -0.1) is 0 Å². The summed E-state index contributed by atoms with van der Waals surface area (Å²) < 4.78 is 1.20. The van der Waals surface area contributed by atoms with Crippen molar-refractivity contribution >= 4 is 22.8 Å². The van der Waals surface area contributed by atoms with Gasteiger partial charge in [-0.25, -0.2) is 4.79 Å². The van der Waals surface area contributed by atoms with Crippen LogP contribution in [0.2, 0.25) is 0 Å². The van der Waals surface area contributed by atoms with E-state index in [0.29, 0.717) is 31.4 Å². The maximum absolute atomic E-state index is 12.6. The molecule has 6 nitrogen and oxygen atoms in total. The number of amides is 2. The number of hydrogen-bond acceptors (Lipinski definition) is 3. The van der Waals surface area contributed by atoms with E-state index in [4.69, 9.17) is 5.73 Å². The van der Waals surface area contributed by atoms with Gasteiger partial charge >= 0.3 is 6.03 Å². The van der Waals surface area contributed by atoms with E-state index in [2.05, 4.69) is 17.2 Å². The van der Waals surface area contributed by atoms with Crippen molar-refractivity contribution in [2.24, 2.45) is 5.73 Å². The highest BCUT2D eigenvalue weighted by Gasteiger charge is 2.23. The zero-order valence-corrected chi connectivity index (χ0v) is 14.4. The predicted molar refractivity (Wildman–Crippen MR) is 98.6 cm³/mol. The van der Waals surface area contributed by atoms with E-state index in [1.807, 2.05) is 35.2 Å². The maximum atomic E-state index is 12.6. The molecule has 0 bridgehead atoms. The van der Waals surface area contributed by atoms with Gasteiger partial charge in [0.2, 0.25) is 5.91 Å². The van der Waals surface area contributed by atoms with E-state index in [0.717, 1.165) is 22.9 Å². The average Bonchev–Trinajstić information content (AvgIpc) is 3.02. The van der Waals surface area contributed by atoms with Gasteiger partial charge in [-0.1, -0.05) is 36.4 Å². The fourth-order valence-corrected chi connectivity index (χ4v) is 3.59. The number of nitrogens with zero attached hydrogens (tertiary/aromatic N) is 3. The summed E-state index contributed by atoms with van der Waals surface area (Å²) in [7, 11) is 0. The summed E-state index contributed by atoms with van der Waals surface area (Å²) in [6, 6.07) is 13.4. The van der Waals surface area contributed by atoms with Gasteiger partial charge in [-0.2, -0.15) is 9.78 Å². The molecule has 2 heterocycles. The van der Waals surface area contributed by atoms with Crippen LogP contribution in [-0.2, 0) is 24.2 Å². The molecular weight excluding hydrogens is 328 g/mol. The molecule has 0 unspecified atom stereocenters. The SMILES string of the molecule is NC(=O)n1ncc2c3c(ccc21)CCC(=O)N(CCc1ccccc1)C3. The summed E-state index contributed by atoms with van der Waals surface area (Å²) in [5.41, 5.74) is 9.49. The van der Waals surface area contributed by atoms with Crippen LogP contribution in [0.1, 0.15) is 23.1 Å². The summed E-state index contributed by atoms with van der Waals surface area (Å²) in [5, 5.41) is 5.00. The lowest BCUT2D eigenvalue weighted by molar-refractivity contribution is -0.131. The van der Waals surface area contributed by atoms with Crippen molar-refractivity contribution in [3.8, 4) is 0 Å². The fraction of sp³-hybridized carbons (Fsp3) is 0.250. The quantitative estimate of drug-likeness (QED) is 0.789. The molecule has 0 aliphatic carbocycles. The summed E-state index contributed by atoms with van der Waals surface area (Å²) in [4.78, 5) is 26.0. The van der Waals surface area contributed by atoms with E-state index < -0.39 is 6.03 Å². The first kappa shape index (κ1) is 16.3.